The van der Waals surface area contributed by atoms with E-state index in [1.54, 1.807) is 21.3 Å². The molecule has 0 spiro atoms. The highest BCUT2D eigenvalue weighted by Crippen LogP contribution is 2.27. The SMILES string of the molecule is CN=C(NCCc1ccc(OC)c(OC)c1)NCc1cccc(C(=O)NCCN(C)C)c1.I. The molecule has 0 unspecified atom stereocenters. The van der Waals surface area contributed by atoms with Gasteiger partial charge in [0.15, 0.2) is 17.5 Å². The predicted octanol–water partition coefficient (Wildman–Crippen LogP) is 2.52. The highest BCUT2D eigenvalue weighted by Gasteiger charge is 2.07. The van der Waals surface area contributed by atoms with E-state index in [2.05, 4.69) is 20.9 Å². The lowest BCUT2D eigenvalue weighted by atomic mass is 10.1. The van der Waals surface area contributed by atoms with Gasteiger partial charge in [-0.05, 0) is 55.9 Å². The molecule has 1 amide bonds. The van der Waals surface area contributed by atoms with E-state index in [1.165, 1.54) is 0 Å². The molecule has 0 saturated carbocycles. The third-order valence-corrected chi connectivity index (χ3v) is 4.87. The summed E-state index contributed by atoms with van der Waals surface area (Å²) < 4.78 is 10.6. The van der Waals surface area contributed by atoms with Crippen LogP contribution in [0, 0.1) is 0 Å². The monoisotopic (exact) mass is 569 g/mol. The van der Waals surface area contributed by atoms with Crippen LogP contribution in [-0.2, 0) is 13.0 Å². The van der Waals surface area contributed by atoms with Gasteiger partial charge < -0.3 is 30.3 Å². The lowest BCUT2D eigenvalue weighted by Gasteiger charge is -2.14. The number of rotatable bonds is 11. The number of aliphatic imine (C=N–C) groups is 1. The van der Waals surface area contributed by atoms with Crippen LogP contribution < -0.4 is 25.4 Å². The van der Waals surface area contributed by atoms with Crippen molar-refractivity contribution < 1.29 is 14.3 Å². The summed E-state index contributed by atoms with van der Waals surface area (Å²) >= 11 is 0. The minimum Gasteiger partial charge on any atom is -0.493 e. The van der Waals surface area contributed by atoms with Crippen LogP contribution in [0.2, 0.25) is 0 Å². The van der Waals surface area contributed by atoms with Gasteiger partial charge in [-0.2, -0.15) is 0 Å². The summed E-state index contributed by atoms with van der Waals surface area (Å²) in [5.41, 5.74) is 2.80. The van der Waals surface area contributed by atoms with Crippen molar-refractivity contribution in [3.05, 3.63) is 59.2 Å². The number of guanidine groups is 1. The first-order valence-corrected chi connectivity index (χ1v) is 10.6. The Morgan fingerprint density at radius 1 is 0.939 bits per heavy atom. The van der Waals surface area contributed by atoms with E-state index in [0.717, 1.165) is 35.6 Å². The second kappa shape index (κ2) is 15.3. The van der Waals surface area contributed by atoms with Gasteiger partial charge >= 0.3 is 0 Å². The molecule has 0 aliphatic rings. The molecule has 0 atom stereocenters. The largest absolute Gasteiger partial charge is 0.493 e. The van der Waals surface area contributed by atoms with Crippen LogP contribution in [0.5, 0.6) is 11.5 Å². The average Bonchev–Trinajstić information content (AvgIpc) is 2.80. The van der Waals surface area contributed by atoms with Gasteiger partial charge in [-0.15, -0.1) is 24.0 Å². The van der Waals surface area contributed by atoms with E-state index < -0.39 is 0 Å². The Labute approximate surface area is 214 Å². The van der Waals surface area contributed by atoms with Gasteiger partial charge in [0.1, 0.15) is 0 Å². The molecule has 3 N–H and O–H groups in total. The number of methoxy groups -OCH3 is 2. The molecule has 8 nitrogen and oxygen atoms in total. The molecular weight excluding hydrogens is 533 g/mol. The van der Waals surface area contributed by atoms with Crippen molar-refractivity contribution in [1.29, 1.82) is 0 Å². The molecule has 0 aliphatic carbocycles. The Kier molecular flexibility index (Phi) is 13.2. The Balaban J connectivity index is 0.00000544. The summed E-state index contributed by atoms with van der Waals surface area (Å²) in [5.74, 6) is 2.07. The summed E-state index contributed by atoms with van der Waals surface area (Å²) in [6.07, 6.45) is 0.809. The Morgan fingerprint density at radius 2 is 1.70 bits per heavy atom. The molecule has 9 heteroatoms. The van der Waals surface area contributed by atoms with Gasteiger partial charge in [-0.1, -0.05) is 18.2 Å². The maximum absolute atomic E-state index is 12.3. The Morgan fingerprint density at radius 3 is 2.36 bits per heavy atom. The number of hydrogen-bond acceptors (Lipinski definition) is 5. The predicted molar refractivity (Wildman–Crippen MR) is 144 cm³/mol. The smallest absolute Gasteiger partial charge is 0.251 e. The zero-order chi connectivity index (χ0) is 23.3. The van der Waals surface area contributed by atoms with Gasteiger partial charge in [-0.25, -0.2) is 0 Å². The third kappa shape index (κ3) is 9.87. The van der Waals surface area contributed by atoms with Crippen molar-refractivity contribution in [2.75, 3.05) is 55.0 Å². The fraction of sp³-hybridized carbons (Fsp3) is 0.417. The van der Waals surface area contributed by atoms with Crippen LogP contribution in [-0.4, -0.2) is 71.8 Å². The number of halogens is 1. The van der Waals surface area contributed by atoms with E-state index in [1.807, 2.05) is 61.5 Å². The second-order valence-electron chi connectivity index (χ2n) is 7.55. The van der Waals surface area contributed by atoms with E-state index in [9.17, 15) is 4.79 Å². The van der Waals surface area contributed by atoms with Gasteiger partial charge in [0.2, 0.25) is 0 Å². The average molecular weight is 569 g/mol. The first kappa shape index (κ1) is 28.5. The zero-order valence-electron chi connectivity index (χ0n) is 20.1. The number of nitrogens with zero attached hydrogens (tertiary/aromatic N) is 2. The molecule has 0 saturated heterocycles. The molecule has 33 heavy (non-hydrogen) atoms. The highest BCUT2D eigenvalue weighted by atomic mass is 127. The van der Waals surface area contributed by atoms with E-state index >= 15 is 0 Å². The van der Waals surface area contributed by atoms with Crippen LogP contribution in [0.1, 0.15) is 21.5 Å². The van der Waals surface area contributed by atoms with Gasteiger partial charge in [-0.3, -0.25) is 9.79 Å². The van der Waals surface area contributed by atoms with Crippen molar-refractivity contribution >= 4 is 35.8 Å². The molecule has 2 rings (SSSR count). The molecular formula is C24H36IN5O3. The van der Waals surface area contributed by atoms with Crippen molar-refractivity contribution in [3.8, 4) is 11.5 Å². The lowest BCUT2D eigenvalue weighted by Crippen LogP contribution is -2.38. The number of ether oxygens (including phenoxy) is 2. The Bertz CT molecular complexity index is 905. The summed E-state index contributed by atoms with van der Waals surface area (Å²) in [5, 5.41) is 9.54. The summed E-state index contributed by atoms with van der Waals surface area (Å²) in [4.78, 5) is 18.6. The standard InChI is InChI=1S/C24H35N5O3.HI/c1-25-24(27-12-11-18-9-10-21(31-4)22(16-18)32-5)28-17-19-7-6-8-20(15-19)23(30)26-13-14-29(2)3;/h6-10,15-16H,11-14,17H2,1-5H3,(H,26,30)(H2,25,27,28);1H. The lowest BCUT2D eigenvalue weighted by molar-refractivity contribution is 0.0951. The van der Waals surface area contributed by atoms with Crippen molar-refractivity contribution in [2.45, 2.75) is 13.0 Å². The minimum absolute atomic E-state index is 0. The first-order chi connectivity index (χ1) is 15.5. The van der Waals surface area contributed by atoms with Crippen LogP contribution in [0.15, 0.2) is 47.5 Å². The van der Waals surface area contributed by atoms with Crippen LogP contribution in [0.3, 0.4) is 0 Å². The summed E-state index contributed by atoms with van der Waals surface area (Å²) in [6, 6.07) is 13.5. The second-order valence-corrected chi connectivity index (χ2v) is 7.55. The summed E-state index contributed by atoms with van der Waals surface area (Å²) in [6.45, 7) is 2.70. The number of amides is 1. The topological polar surface area (TPSA) is 87.2 Å². The molecule has 2 aromatic rings. The van der Waals surface area contributed by atoms with Crippen molar-refractivity contribution in [1.82, 2.24) is 20.9 Å². The van der Waals surface area contributed by atoms with Crippen LogP contribution in [0.4, 0.5) is 0 Å². The Hall–Kier alpha value is -2.53. The molecule has 0 heterocycles. The molecule has 0 bridgehead atoms. The van der Waals surface area contributed by atoms with Gasteiger partial charge in [0, 0.05) is 38.8 Å². The molecule has 0 fully saturated rings. The number of nitrogens with one attached hydrogen (secondary N) is 3. The zero-order valence-corrected chi connectivity index (χ0v) is 22.4. The fourth-order valence-corrected chi connectivity index (χ4v) is 3.09. The van der Waals surface area contributed by atoms with E-state index in [-0.39, 0.29) is 29.9 Å². The van der Waals surface area contributed by atoms with Crippen LogP contribution >= 0.6 is 24.0 Å². The molecule has 2 aromatic carbocycles. The number of likely N-dealkylation sites (N-methyl/N-ethyl adjacent to an activating group) is 1. The molecule has 0 radical (unpaired) electrons. The molecule has 0 aliphatic heterocycles. The van der Waals surface area contributed by atoms with E-state index in [0.29, 0.717) is 31.2 Å². The number of carbonyl (C=O) groups excluding carboxylic acids is 1. The van der Waals surface area contributed by atoms with Gasteiger partial charge in [0.25, 0.3) is 5.91 Å². The number of carbonyl (C=O) groups is 1. The minimum atomic E-state index is -0.0638. The van der Waals surface area contributed by atoms with Gasteiger partial charge in [0.05, 0.1) is 14.2 Å². The maximum Gasteiger partial charge on any atom is 0.251 e. The van der Waals surface area contributed by atoms with Crippen LogP contribution in [0.25, 0.3) is 0 Å². The van der Waals surface area contributed by atoms with E-state index in [4.69, 9.17) is 9.47 Å². The maximum atomic E-state index is 12.3. The molecule has 0 aromatic heterocycles. The normalized spacial score (nSPS) is 10.9. The third-order valence-electron chi connectivity index (χ3n) is 4.87. The summed E-state index contributed by atoms with van der Waals surface area (Å²) in [7, 11) is 8.96. The quantitative estimate of drug-likeness (QED) is 0.219. The van der Waals surface area contributed by atoms with Crippen molar-refractivity contribution in [3.63, 3.8) is 0 Å². The van der Waals surface area contributed by atoms with Crippen molar-refractivity contribution in [2.24, 2.45) is 4.99 Å². The fourth-order valence-electron chi connectivity index (χ4n) is 3.09. The first-order valence-electron chi connectivity index (χ1n) is 10.6. The number of hydrogen-bond donors (Lipinski definition) is 3. The number of benzene rings is 2. The molecule has 182 valence electrons. The highest BCUT2D eigenvalue weighted by molar-refractivity contribution is 14.0.